The predicted octanol–water partition coefficient (Wildman–Crippen LogP) is 1.98. The van der Waals surface area contributed by atoms with Gasteiger partial charge in [-0.05, 0) is 43.9 Å². The van der Waals surface area contributed by atoms with Crippen LogP contribution in [0.25, 0.3) is 0 Å². The average molecular weight is 263 g/mol. The minimum atomic E-state index is -0.699. The van der Waals surface area contributed by atoms with Crippen molar-refractivity contribution >= 4 is 0 Å². The van der Waals surface area contributed by atoms with Gasteiger partial charge in [-0.25, -0.2) is 0 Å². The van der Waals surface area contributed by atoms with E-state index in [2.05, 4.69) is 37.4 Å². The molecule has 1 fully saturated rings. The lowest BCUT2D eigenvalue weighted by Crippen LogP contribution is -2.46. The zero-order valence-electron chi connectivity index (χ0n) is 12.2. The third-order valence-corrected chi connectivity index (χ3v) is 3.89. The lowest BCUT2D eigenvalue weighted by Gasteiger charge is -2.32. The van der Waals surface area contributed by atoms with Gasteiger partial charge in [0.05, 0.1) is 18.8 Å². The topological polar surface area (TPSA) is 41.5 Å². The van der Waals surface area contributed by atoms with Crippen molar-refractivity contribution < 1.29 is 9.84 Å². The Bertz CT molecular complexity index is 403. The summed E-state index contributed by atoms with van der Waals surface area (Å²) < 4.78 is 5.45. The smallest absolute Gasteiger partial charge is 0.0675 e. The van der Waals surface area contributed by atoms with Crippen molar-refractivity contribution in [2.24, 2.45) is 0 Å². The summed E-state index contributed by atoms with van der Waals surface area (Å²) in [4.78, 5) is 0. The molecule has 2 unspecified atom stereocenters. The highest BCUT2D eigenvalue weighted by atomic mass is 16.5. The van der Waals surface area contributed by atoms with E-state index in [4.69, 9.17) is 4.74 Å². The first-order valence-corrected chi connectivity index (χ1v) is 7.06. The Labute approximate surface area is 116 Å². The van der Waals surface area contributed by atoms with Crippen LogP contribution in [0.15, 0.2) is 18.2 Å². The molecule has 1 heterocycles. The summed E-state index contributed by atoms with van der Waals surface area (Å²) in [5, 5.41) is 14.1. The van der Waals surface area contributed by atoms with Crippen LogP contribution >= 0.6 is 0 Å². The zero-order valence-corrected chi connectivity index (χ0v) is 12.2. The molecule has 19 heavy (non-hydrogen) atoms. The highest BCUT2D eigenvalue weighted by molar-refractivity contribution is 5.34. The second-order valence-corrected chi connectivity index (χ2v) is 5.97. The van der Waals surface area contributed by atoms with Gasteiger partial charge in [-0.2, -0.15) is 0 Å². The molecule has 0 aliphatic carbocycles. The Hall–Kier alpha value is -0.900. The van der Waals surface area contributed by atoms with E-state index in [0.717, 1.165) is 19.6 Å². The highest BCUT2D eigenvalue weighted by Crippen LogP contribution is 2.24. The van der Waals surface area contributed by atoms with E-state index in [1.165, 1.54) is 16.7 Å². The Morgan fingerprint density at radius 3 is 2.63 bits per heavy atom. The number of benzene rings is 1. The van der Waals surface area contributed by atoms with Gasteiger partial charge in [-0.1, -0.05) is 18.2 Å². The maximum Gasteiger partial charge on any atom is 0.0675 e. The number of nitrogens with one attached hydrogen (secondary N) is 1. The van der Waals surface area contributed by atoms with Crippen molar-refractivity contribution in [3.05, 3.63) is 34.9 Å². The molecule has 0 radical (unpaired) electrons. The summed E-state index contributed by atoms with van der Waals surface area (Å²) in [6, 6.07) is 6.55. The second-order valence-electron chi connectivity index (χ2n) is 5.97. The Morgan fingerprint density at radius 1 is 1.37 bits per heavy atom. The van der Waals surface area contributed by atoms with E-state index >= 15 is 0 Å². The largest absolute Gasteiger partial charge is 0.390 e. The van der Waals surface area contributed by atoms with Crippen LogP contribution in [0.5, 0.6) is 0 Å². The maximum absolute atomic E-state index is 10.7. The molecular formula is C16H25NO2. The van der Waals surface area contributed by atoms with Crippen LogP contribution in [-0.4, -0.2) is 36.5 Å². The van der Waals surface area contributed by atoms with E-state index in [-0.39, 0.29) is 6.04 Å². The molecule has 1 aliphatic rings. The standard InChI is InChI=1S/C16H25NO2/c1-12-5-4-6-13(2)15(12)10-16(3,18)9-14-11-19-8-7-17-14/h4-6,14,17-18H,7-11H2,1-3H3. The monoisotopic (exact) mass is 263 g/mol. The minimum absolute atomic E-state index is 0.257. The maximum atomic E-state index is 10.7. The Balaban J connectivity index is 2.03. The van der Waals surface area contributed by atoms with Crippen LogP contribution in [0, 0.1) is 13.8 Å². The summed E-state index contributed by atoms with van der Waals surface area (Å²) >= 11 is 0. The fourth-order valence-electron chi connectivity index (χ4n) is 2.86. The molecule has 0 bridgehead atoms. The van der Waals surface area contributed by atoms with Gasteiger partial charge in [-0.3, -0.25) is 0 Å². The zero-order chi connectivity index (χ0) is 13.9. The number of hydrogen-bond acceptors (Lipinski definition) is 3. The number of morpholine rings is 1. The van der Waals surface area contributed by atoms with E-state index < -0.39 is 5.60 Å². The van der Waals surface area contributed by atoms with Gasteiger partial charge in [0, 0.05) is 19.0 Å². The first-order valence-electron chi connectivity index (χ1n) is 7.06. The van der Waals surface area contributed by atoms with Crippen molar-refractivity contribution in [2.75, 3.05) is 19.8 Å². The molecule has 3 nitrogen and oxygen atoms in total. The van der Waals surface area contributed by atoms with Gasteiger partial charge in [0.25, 0.3) is 0 Å². The van der Waals surface area contributed by atoms with E-state index in [1.807, 2.05) is 6.92 Å². The fourth-order valence-corrected chi connectivity index (χ4v) is 2.86. The number of aryl methyl sites for hydroxylation is 2. The molecule has 1 aromatic rings. The van der Waals surface area contributed by atoms with Gasteiger partial charge >= 0.3 is 0 Å². The van der Waals surface area contributed by atoms with Crippen molar-refractivity contribution in [3.63, 3.8) is 0 Å². The molecule has 3 heteroatoms. The molecular weight excluding hydrogens is 238 g/mol. The Kier molecular flexibility index (Phi) is 4.61. The summed E-state index contributed by atoms with van der Waals surface area (Å²) in [5.74, 6) is 0. The number of aliphatic hydroxyl groups is 1. The number of rotatable bonds is 4. The molecule has 2 rings (SSSR count). The quantitative estimate of drug-likeness (QED) is 0.873. The van der Waals surface area contributed by atoms with Crippen LogP contribution in [0.2, 0.25) is 0 Å². The lowest BCUT2D eigenvalue weighted by atomic mass is 9.86. The van der Waals surface area contributed by atoms with Crippen LogP contribution in [-0.2, 0) is 11.2 Å². The molecule has 0 amide bonds. The minimum Gasteiger partial charge on any atom is -0.390 e. The van der Waals surface area contributed by atoms with Crippen molar-refractivity contribution in [2.45, 2.75) is 45.3 Å². The normalized spacial score (nSPS) is 23.1. The van der Waals surface area contributed by atoms with Crippen LogP contribution in [0.4, 0.5) is 0 Å². The lowest BCUT2D eigenvalue weighted by molar-refractivity contribution is 0.00634. The number of hydrogen-bond donors (Lipinski definition) is 2. The summed E-state index contributed by atoms with van der Waals surface area (Å²) in [7, 11) is 0. The van der Waals surface area contributed by atoms with Crippen LogP contribution in [0.1, 0.15) is 30.0 Å². The molecule has 0 spiro atoms. The molecule has 1 aliphatic heterocycles. The SMILES string of the molecule is Cc1cccc(C)c1CC(C)(O)CC1COCCN1. The molecule has 0 aromatic heterocycles. The van der Waals surface area contributed by atoms with E-state index in [0.29, 0.717) is 13.0 Å². The molecule has 1 saturated heterocycles. The third kappa shape index (κ3) is 4.03. The van der Waals surface area contributed by atoms with E-state index in [1.54, 1.807) is 0 Å². The molecule has 106 valence electrons. The average Bonchev–Trinajstić information content (AvgIpc) is 2.35. The first kappa shape index (κ1) is 14.5. The molecule has 2 N–H and O–H groups in total. The third-order valence-electron chi connectivity index (χ3n) is 3.89. The molecule has 2 atom stereocenters. The fraction of sp³-hybridized carbons (Fsp3) is 0.625. The van der Waals surface area contributed by atoms with Gasteiger partial charge < -0.3 is 15.2 Å². The summed E-state index contributed by atoms with van der Waals surface area (Å²) in [6.07, 6.45) is 1.42. The Morgan fingerprint density at radius 2 is 2.05 bits per heavy atom. The van der Waals surface area contributed by atoms with Gasteiger partial charge in [0.15, 0.2) is 0 Å². The highest BCUT2D eigenvalue weighted by Gasteiger charge is 2.28. The van der Waals surface area contributed by atoms with Crippen molar-refractivity contribution in [1.29, 1.82) is 0 Å². The second kappa shape index (κ2) is 6.04. The molecule has 1 aromatic carbocycles. The molecule has 0 saturated carbocycles. The summed E-state index contributed by atoms with van der Waals surface area (Å²) in [6.45, 7) is 8.50. The van der Waals surface area contributed by atoms with Crippen LogP contribution < -0.4 is 5.32 Å². The van der Waals surface area contributed by atoms with Gasteiger partial charge in [0.1, 0.15) is 0 Å². The predicted molar refractivity (Wildman–Crippen MR) is 77.5 cm³/mol. The van der Waals surface area contributed by atoms with Gasteiger partial charge in [-0.15, -0.1) is 0 Å². The summed E-state index contributed by atoms with van der Waals surface area (Å²) in [5.41, 5.74) is 3.08. The number of ether oxygens (including phenoxy) is 1. The van der Waals surface area contributed by atoms with E-state index in [9.17, 15) is 5.11 Å². The van der Waals surface area contributed by atoms with Crippen molar-refractivity contribution in [3.8, 4) is 0 Å². The van der Waals surface area contributed by atoms with Crippen LogP contribution in [0.3, 0.4) is 0 Å². The first-order chi connectivity index (χ1) is 8.98. The van der Waals surface area contributed by atoms with Crippen molar-refractivity contribution in [1.82, 2.24) is 5.32 Å². The van der Waals surface area contributed by atoms with Gasteiger partial charge in [0.2, 0.25) is 0 Å².